The van der Waals surface area contributed by atoms with Crippen LogP contribution in [0.25, 0.3) is 11.4 Å². The zero-order chi connectivity index (χ0) is 20.1. The van der Waals surface area contributed by atoms with Crippen molar-refractivity contribution in [2.75, 3.05) is 38.0 Å². The molecule has 0 aliphatic carbocycles. The number of amides is 1. The van der Waals surface area contributed by atoms with E-state index >= 15 is 0 Å². The van der Waals surface area contributed by atoms with Crippen LogP contribution < -0.4 is 5.32 Å². The highest BCUT2D eigenvalue weighted by Gasteiger charge is 2.21. The molecule has 0 spiro atoms. The molecule has 0 atom stereocenters. The third kappa shape index (κ3) is 5.28. The first-order chi connectivity index (χ1) is 14.2. The first-order valence-electron chi connectivity index (χ1n) is 9.85. The van der Waals surface area contributed by atoms with Gasteiger partial charge < -0.3 is 9.84 Å². The summed E-state index contributed by atoms with van der Waals surface area (Å²) >= 11 is 0. The van der Waals surface area contributed by atoms with Crippen LogP contribution in [-0.4, -0.2) is 58.6 Å². The van der Waals surface area contributed by atoms with Gasteiger partial charge in [-0.3, -0.25) is 14.6 Å². The highest BCUT2D eigenvalue weighted by atomic mass is 16.5. The Morgan fingerprint density at radius 1 is 1.00 bits per heavy atom. The van der Waals surface area contributed by atoms with Gasteiger partial charge in [0.1, 0.15) is 0 Å². The number of para-hydroxylation sites is 1. The molecule has 1 fully saturated rings. The van der Waals surface area contributed by atoms with E-state index in [1.54, 1.807) is 0 Å². The van der Waals surface area contributed by atoms with Gasteiger partial charge in [-0.05, 0) is 19.1 Å². The van der Waals surface area contributed by atoms with Crippen molar-refractivity contribution in [3.05, 3.63) is 66.1 Å². The Morgan fingerprint density at radius 2 is 1.69 bits per heavy atom. The molecule has 0 unspecified atom stereocenters. The molecule has 4 rings (SSSR count). The number of anilines is 1. The number of nitrogens with zero attached hydrogens (tertiary/aromatic N) is 4. The highest BCUT2D eigenvalue weighted by Crippen LogP contribution is 2.17. The maximum Gasteiger partial charge on any atom is 0.241 e. The number of benzene rings is 2. The summed E-state index contributed by atoms with van der Waals surface area (Å²) < 4.78 is 5.43. The van der Waals surface area contributed by atoms with E-state index < -0.39 is 0 Å². The van der Waals surface area contributed by atoms with Gasteiger partial charge in [-0.1, -0.05) is 53.2 Å². The SMILES string of the molecule is Cc1ccc(-c2noc(CN3CCN(CC(=O)Nc4ccccc4)CC3)n2)cc1. The summed E-state index contributed by atoms with van der Waals surface area (Å²) in [6, 6.07) is 17.6. The number of carbonyl (C=O) groups excluding carboxylic acids is 1. The Bertz CT molecular complexity index is 931. The van der Waals surface area contributed by atoms with E-state index in [0.717, 1.165) is 37.4 Å². The van der Waals surface area contributed by atoms with E-state index in [9.17, 15) is 4.79 Å². The maximum atomic E-state index is 12.2. The second kappa shape index (κ2) is 8.98. The molecule has 0 saturated carbocycles. The monoisotopic (exact) mass is 391 g/mol. The van der Waals surface area contributed by atoms with Crippen molar-refractivity contribution in [3.63, 3.8) is 0 Å². The van der Waals surface area contributed by atoms with Crippen molar-refractivity contribution >= 4 is 11.6 Å². The maximum absolute atomic E-state index is 12.2. The summed E-state index contributed by atoms with van der Waals surface area (Å²) in [5.74, 6) is 1.26. The van der Waals surface area contributed by atoms with Gasteiger partial charge >= 0.3 is 0 Å². The number of hydrogen-bond acceptors (Lipinski definition) is 6. The lowest BCUT2D eigenvalue weighted by Gasteiger charge is -2.33. The molecule has 2 aromatic carbocycles. The molecular formula is C22H25N5O2. The summed E-state index contributed by atoms with van der Waals surface area (Å²) in [6.07, 6.45) is 0. The van der Waals surface area contributed by atoms with Crippen LogP contribution in [0.2, 0.25) is 0 Å². The fourth-order valence-electron chi connectivity index (χ4n) is 3.36. The van der Waals surface area contributed by atoms with E-state index in [0.29, 0.717) is 24.8 Å². The van der Waals surface area contributed by atoms with Crippen LogP contribution in [0.4, 0.5) is 5.69 Å². The Labute approximate surface area is 170 Å². The molecular weight excluding hydrogens is 366 g/mol. The number of hydrogen-bond donors (Lipinski definition) is 1. The van der Waals surface area contributed by atoms with Crippen LogP contribution in [-0.2, 0) is 11.3 Å². The average molecular weight is 391 g/mol. The molecule has 1 aromatic heterocycles. The Balaban J connectivity index is 1.24. The largest absolute Gasteiger partial charge is 0.338 e. The van der Waals surface area contributed by atoms with Gasteiger partial charge in [0.05, 0.1) is 13.1 Å². The minimum absolute atomic E-state index is 0.0179. The molecule has 1 aliphatic heterocycles. The van der Waals surface area contributed by atoms with E-state index in [4.69, 9.17) is 4.52 Å². The van der Waals surface area contributed by atoms with Crippen LogP contribution in [0.3, 0.4) is 0 Å². The van der Waals surface area contributed by atoms with Gasteiger partial charge in [0.15, 0.2) is 0 Å². The topological polar surface area (TPSA) is 74.5 Å². The van der Waals surface area contributed by atoms with Crippen LogP contribution in [0.5, 0.6) is 0 Å². The molecule has 150 valence electrons. The van der Waals surface area contributed by atoms with E-state index in [2.05, 4.69) is 32.2 Å². The molecule has 3 aromatic rings. The number of piperazine rings is 1. The first-order valence-corrected chi connectivity index (χ1v) is 9.85. The molecule has 1 N–H and O–H groups in total. The Hall–Kier alpha value is -3.03. The second-order valence-corrected chi connectivity index (χ2v) is 7.34. The van der Waals surface area contributed by atoms with Crippen molar-refractivity contribution < 1.29 is 9.32 Å². The number of aromatic nitrogens is 2. The van der Waals surface area contributed by atoms with Gasteiger partial charge in [0, 0.05) is 37.4 Å². The number of carbonyl (C=O) groups is 1. The van der Waals surface area contributed by atoms with Crippen molar-refractivity contribution in [2.45, 2.75) is 13.5 Å². The summed E-state index contributed by atoms with van der Waals surface area (Å²) in [5, 5.41) is 7.03. The van der Waals surface area contributed by atoms with Crippen LogP contribution >= 0.6 is 0 Å². The normalized spacial score (nSPS) is 15.3. The predicted octanol–water partition coefficient (Wildman–Crippen LogP) is 2.80. The van der Waals surface area contributed by atoms with Crippen molar-refractivity contribution in [1.82, 2.24) is 19.9 Å². The van der Waals surface area contributed by atoms with Gasteiger partial charge in [0.2, 0.25) is 17.6 Å². The van der Waals surface area contributed by atoms with Crippen LogP contribution in [0.15, 0.2) is 59.1 Å². The average Bonchev–Trinajstić information content (AvgIpc) is 3.19. The molecule has 7 nitrogen and oxygen atoms in total. The van der Waals surface area contributed by atoms with Gasteiger partial charge in [-0.15, -0.1) is 0 Å². The van der Waals surface area contributed by atoms with Crippen molar-refractivity contribution in [3.8, 4) is 11.4 Å². The third-order valence-corrected chi connectivity index (χ3v) is 5.03. The van der Waals surface area contributed by atoms with Crippen molar-refractivity contribution in [2.24, 2.45) is 0 Å². The molecule has 7 heteroatoms. The van der Waals surface area contributed by atoms with Crippen LogP contribution in [0, 0.1) is 6.92 Å². The van der Waals surface area contributed by atoms with Gasteiger partial charge in [-0.25, -0.2) is 0 Å². The fourth-order valence-corrected chi connectivity index (χ4v) is 3.36. The predicted molar refractivity (Wildman–Crippen MR) is 111 cm³/mol. The lowest BCUT2D eigenvalue weighted by Crippen LogP contribution is -2.48. The Morgan fingerprint density at radius 3 is 2.41 bits per heavy atom. The number of nitrogens with one attached hydrogen (secondary N) is 1. The lowest BCUT2D eigenvalue weighted by molar-refractivity contribution is -0.117. The van der Waals surface area contributed by atoms with Gasteiger partial charge in [0.25, 0.3) is 0 Å². The van der Waals surface area contributed by atoms with E-state index in [1.165, 1.54) is 5.56 Å². The minimum Gasteiger partial charge on any atom is -0.338 e. The zero-order valence-corrected chi connectivity index (χ0v) is 16.5. The van der Waals surface area contributed by atoms with Gasteiger partial charge in [-0.2, -0.15) is 4.98 Å². The Kier molecular flexibility index (Phi) is 5.97. The molecule has 1 aliphatic rings. The smallest absolute Gasteiger partial charge is 0.241 e. The lowest BCUT2D eigenvalue weighted by atomic mass is 10.1. The summed E-state index contributed by atoms with van der Waals surface area (Å²) in [6.45, 7) is 6.48. The second-order valence-electron chi connectivity index (χ2n) is 7.34. The molecule has 0 radical (unpaired) electrons. The molecule has 29 heavy (non-hydrogen) atoms. The first kappa shape index (κ1) is 19.3. The highest BCUT2D eigenvalue weighted by molar-refractivity contribution is 5.92. The molecule has 0 bridgehead atoms. The summed E-state index contributed by atoms with van der Waals surface area (Å²) in [4.78, 5) is 21.2. The minimum atomic E-state index is 0.0179. The van der Waals surface area contributed by atoms with E-state index in [-0.39, 0.29) is 5.91 Å². The fraction of sp³-hybridized carbons (Fsp3) is 0.318. The third-order valence-electron chi connectivity index (χ3n) is 5.03. The summed E-state index contributed by atoms with van der Waals surface area (Å²) in [5.41, 5.74) is 2.99. The number of rotatable bonds is 6. The summed E-state index contributed by atoms with van der Waals surface area (Å²) in [7, 11) is 0. The standard InChI is InChI=1S/C22H25N5O2/c1-17-7-9-18(10-8-17)22-24-21(29-25-22)16-27-13-11-26(12-14-27)15-20(28)23-19-5-3-2-4-6-19/h2-10H,11-16H2,1H3,(H,23,28). The number of aryl methyl sites for hydroxylation is 1. The molecule has 1 amide bonds. The molecule has 1 saturated heterocycles. The van der Waals surface area contributed by atoms with E-state index in [1.807, 2.05) is 54.6 Å². The zero-order valence-electron chi connectivity index (χ0n) is 16.5. The molecule has 2 heterocycles. The quantitative estimate of drug-likeness (QED) is 0.697. The van der Waals surface area contributed by atoms with Crippen LogP contribution in [0.1, 0.15) is 11.5 Å². The van der Waals surface area contributed by atoms with Crippen molar-refractivity contribution in [1.29, 1.82) is 0 Å².